The van der Waals surface area contributed by atoms with Crippen LogP contribution in [0, 0.1) is 11.3 Å². The highest BCUT2D eigenvalue weighted by atomic mass is 15.1. The first-order valence-electron chi connectivity index (χ1n) is 6.53. The first-order chi connectivity index (χ1) is 10.3. The molecule has 21 heavy (non-hydrogen) atoms. The number of benzene rings is 1. The first kappa shape index (κ1) is 13.0. The minimum Gasteiger partial charge on any atom is -0.367 e. The van der Waals surface area contributed by atoms with Gasteiger partial charge in [0.2, 0.25) is 0 Å². The predicted octanol–water partition coefficient (Wildman–Crippen LogP) is 2.53. The minimum absolute atomic E-state index is 0.556. The third-order valence-electron chi connectivity index (χ3n) is 3.27. The van der Waals surface area contributed by atoms with Crippen molar-refractivity contribution >= 4 is 16.6 Å². The summed E-state index contributed by atoms with van der Waals surface area (Å²) in [6.07, 6.45) is 6.65. The Bertz CT molecular complexity index is 808. The Kier molecular flexibility index (Phi) is 3.44. The van der Waals surface area contributed by atoms with E-state index in [0.717, 1.165) is 22.3 Å². The SMILES string of the molecule is CN(Cc1cnccn1)c1c(C#N)cnc2ccccc12. The molecule has 0 atom stereocenters. The van der Waals surface area contributed by atoms with Gasteiger partial charge in [-0.2, -0.15) is 5.26 Å². The number of hydrogen-bond acceptors (Lipinski definition) is 5. The van der Waals surface area contributed by atoms with Gasteiger partial charge in [-0.25, -0.2) is 0 Å². The van der Waals surface area contributed by atoms with Crippen molar-refractivity contribution in [3.63, 3.8) is 0 Å². The molecule has 0 bridgehead atoms. The van der Waals surface area contributed by atoms with E-state index in [2.05, 4.69) is 21.0 Å². The highest BCUT2D eigenvalue weighted by molar-refractivity contribution is 5.94. The predicted molar refractivity (Wildman–Crippen MR) is 80.6 cm³/mol. The number of nitriles is 1. The van der Waals surface area contributed by atoms with Gasteiger partial charge in [0.25, 0.3) is 0 Å². The summed E-state index contributed by atoms with van der Waals surface area (Å²) in [5.74, 6) is 0. The average molecular weight is 275 g/mol. The van der Waals surface area contributed by atoms with Gasteiger partial charge < -0.3 is 4.90 Å². The fourth-order valence-electron chi connectivity index (χ4n) is 2.35. The van der Waals surface area contributed by atoms with Crippen molar-refractivity contribution in [1.29, 1.82) is 5.26 Å². The molecule has 0 saturated carbocycles. The molecule has 2 heterocycles. The number of pyridine rings is 1. The third kappa shape index (κ3) is 2.51. The van der Waals surface area contributed by atoms with Crippen molar-refractivity contribution in [2.75, 3.05) is 11.9 Å². The molecule has 0 aliphatic heterocycles. The lowest BCUT2D eigenvalue weighted by Gasteiger charge is -2.21. The molecule has 5 heteroatoms. The Morgan fingerprint density at radius 3 is 2.76 bits per heavy atom. The lowest BCUT2D eigenvalue weighted by molar-refractivity contribution is 0.874. The van der Waals surface area contributed by atoms with Crippen molar-refractivity contribution in [3.8, 4) is 6.07 Å². The molecule has 0 aliphatic carbocycles. The van der Waals surface area contributed by atoms with Gasteiger partial charge in [0, 0.05) is 31.0 Å². The standard InChI is InChI=1S/C16H13N5/c1-21(11-13-10-18-6-7-19-13)16-12(8-17)9-20-15-5-3-2-4-14(15)16/h2-7,9-10H,11H2,1H3. The number of anilines is 1. The zero-order valence-corrected chi connectivity index (χ0v) is 11.6. The topological polar surface area (TPSA) is 65.7 Å². The molecule has 0 radical (unpaired) electrons. The smallest absolute Gasteiger partial charge is 0.103 e. The van der Waals surface area contributed by atoms with Crippen LogP contribution in [0.25, 0.3) is 10.9 Å². The monoisotopic (exact) mass is 275 g/mol. The largest absolute Gasteiger partial charge is 0.367 e. The van der Waals surface area contributed by atoms with E-state index in [-0.39, 0.29) is 0 Å². The van der Waals surface area contributed by atoms with Crippen LogP contribution < -0.4 is 4.90 Å². The normalized spacial score (nSPS) is 10.3. The van der Waals surface area contributed by atoms with Crippen LogP contribution in [-0.4, -0.2) is 22.0 Å². The van der Waals surface area contributed by atoms with Crippen molar-refractivity contribution in [2.45, 2.75) is 6.54 Å². The van der Waals surface area contributed by atoms with Crippen LogP contribution in [0.4, 0.5) is 5.69 Å². The zero-order valence-electron chi connectivity index (χ0n) is 11.6. The molecule has 2 aromatic heterocycles. The summed E-state index contributed by atoms with van der Waals surface area (Å²) in [7, 11) is 1.94. The number of hydrogen-bond donors (Lipinski definition) is 0. The average Bonchev–Trinajstić information content (AvgIpc) is 2.54. The van der Waals surface area contributed by atoms with Crippen LogP contribution in [-0.2, 0) is 6.54 Å². The van der Waals surface area contributed by atoms with E-state index in [1.54, 1.807) is 24.8 Å². The van der Waals surface area contributed by atoms with Gasteiger partial charge in [-0.15, -0.1) is 0 Å². The van der Waals surface area contributed by atoms with Crippen molar-refractivity contribution in [1.82, 2.24) is 15.0 Å². The molecule has 0 fully saturated rings. The molecule has 5 nitrogen and oxygen atoms in total. The molecule has 3 rings (SSSR count). The highest BCUT2D eigenvalue weighted by Crippen LogP contribution is 2.29. The molecule has 0 unspecified atom stereocenters. The Hall–Kier alpha value is -3.00. The molecule has 0 amide bonds. The molecule has 0 saturated heterocycles. The second kappa shape index (κ2) is 5.55. The van der Waals surface area contributed by atoms with Crippen LogP contribution in [0.3, 0.4) is 0 Å². The maximum Gasteiger partial charge on any atom is 0.103 e. The first-order valence-corrected chi connectivity index (χ1v) is 6.53. The molecule has 0 N–H and O–H groups in total. The number of rotatable bonds is 3. The summed E-state index contributed by atoms with van der Waals surface area (Å²) < 4.78 is 0. The highest BCUT2D eigenvalue weighted by Gasteiger charge is 2.13. The summed E-state index contributed by atoms with van der Waals surface area (Å²) in [6.45, 7) is 0.580. The lowest BCUT2D eigenvalue weighted by atomic mass is 10.1. The Morgan fingerprint density at radius 1 is 1.14 bits per heavy atom. The van der Waals surface area contributed by atoms with E-state index < -0.39 is 0 Å². The molecule has 3 aromatic rings. The maximum absolute atomic E-state index is 9.35. The molecule has 0 spiro atoms. The summed E-state index contributed by atoms with van der Waals surface area (Å²) in [6, 6.07) is 10.0. The number of para-hydroxylation sites is 1. The summed E-state index contributed by atoms with van der Waals surface area (Å²) in [5, 5.41) is 10.3. The quantitative estimate of drug-likeness (QED) is 0.735. The van der Waals surface area contributed by atoms with Crippen molar-refractivity contribution in [3.05, 3.63) is 60.3 Å². The van der Waals surface area contributed by atoms with E-state index in [1.807, 2.05) is 36.2 Å². The van der Waals surface area contributed by atoms with E-state index >= 15 is 0 Å². The Balaban J connectivity index is 2.08. The fourth-order valence-corrected chi connectivity index (χ4v) is 2.35. The molecule has 1 aromatic carbocycles. The summed E-state index contributed by atoms with van der Waals surface area (Å²) in [5.41, 5.74) is 3.15. The third-order valence-corrected chi connectivity index (χ3v) is 3.27. The van der Waals surface area contributed by atoms with Crippen LogP contribution in [0.5, 0.6) is 0 Å². The van der Waals surface area contributed by atoms with Gasteiger partial charge in [0.15, 0.2) is 0 Å². The molecule has 102 valence electrons. The maximum atomic E-state index is 9.35. The summed E-state index contributed by atoms with van der Waals surface area (Å²) >= 11 is 0. The van der Waals surface area contributed by atoms with E-state index in [1.165, 1.54) is 0 Å². The second-order valence-corrected chi connectivity index (χ2v) is 4.70. The lowest BCUT2D eigenvalue weighted by Crippen LogP contribution is -2.19. The van der Waals surface area contributed by atoms with Crippen molar-refractivity contribution in [2.24, 2.45) is 0 Å². The van der Waals surface area contributed by atoms with Gasteiger partial charge in [-0.05, 0) is 6.07 Å². The van der Waals surface area contributed by atoms with E-state index in [9.17, 15) is 5.26 Å². The van der Waals surface area contributed by atoms with Crippen LogP contribution in [0.1, 0.15) is 11.3 Å². The van der Waals surface area contributed by atoms with Gasteiger partial charge in [0.1, 0.15) is 6.07 Å². The van der Waals surface area contributed by atoms with Crippen molar-refractivity contribution < 1.29 is 0 Å². The number of aromatic nitrogens is 3. The summed E-state index contributed by atoms with van der Waals surface area (Å²) in [4.78, 5) is 14.7. The Morgan fingerprint density at radius 2 is 2.00 bits per heavy atom. The Labute approximate surface area is 122 Å². The fraction of sp³-hybridized carbons (Fsp3) is 0.125. The van der Waals surface area contributed by atoms with Crippen LogP contribution in [0.2, 0.25) is 0 Å². The second-order valence-electron chi connectivity index (χ2n) is 4.70. The van der Waals surface area contributed by atoms with Gasteiger partial charge in [-0.3, -0.25) is 15.0 Å². The van der Waals surface area contributed by atoms with E-state index in [4.69, 9.17) is 0 Å². The van der Waals surface area contributed by atoms with Crippen LogP contribution in [0.15, 0.2) is 49.1 Å². The molecular weight excluding hydrogens is 262 g/mol. The van der Waals surface area contributed by atoms with Gasteiger partial charge >= 0.3 is 0 Å². The zero-order chi connectivity index (χ0) is 14.7. The molecule has 0 aliphatic rings. The minimum atomic E-state index is 0.556. The van der Waals surface area contributed by atoms with Crippen LogP contribution >= 0.6 is 0 Å². The number of fused-ring (bicyclic) bond motifs is 1. The molecular formula is C16H13N5. The van der Waals surface area contributed by atoms with E-state index in [0.29, 0.717) is 12.1 Å². The van der Waals surface area contributed by atoms with Gasteiger partial charge in [-0.1, -0.05) is 18.2 Å². The van der Waals surface area contributed by atoms with Gasteiger partial charge in [0.05, 0.1) is 35.2 Å². The number of nitrogens with zero attached hydrogens (tertiary/aromatic N) is 5.